The van der Waals surface area contributed by atoms with Gasteiger partial charge in [-0.1, -0.05) is 28.1 Å². The number of fused-ring (bicyclic) bond motifs is 1. The summed E-state index contributed by atoms with van der Waals surface area (Å²) >= 11 is 9.05. The maximum atomic E-state index is 5.68. The van der Waals surface area contributed by atoms with E-state index >= 15 is 0 Å². The van der Waals surface area contributed by atoms with Gasteiger partial charge in [0, 0.05) is 4.47 Å². The number of hydrogen-bond donors (Lipinski definition) is 1. The molecule has 108 valence electrons. The summed E-state index contributed by atoms with van der Waals surface area (Å²) in [6, 6.07) is 12.2. The molecule has 3 rings (SSSR count). The zero-order valence-electron chi connectivity index (χ0n) is 11.8. The molecule has 0 fully saturated rings. The Balaban J connectivity index is 2.33. The molecular weight excluding hydrogens is 348 g/mol. The lowest BCUT2D eigenvalue weighted by atomic mass is 10.2. The molecule has 3 nitrogen and oxygen atoms in total. The Morgan fingerprint density at radius 3 is 2.86 bits per heavy atom. The fourth-order valence-electron chi connectivity index (χ4n) is 2.44. The molecule has 1 heterocycles. The van der Waals surface area contributed by atoms with Gasteiger partial charge in [-0.05, 0) is 55.9 Å². The Labute approximate surface area is 136 Å². The van der Waals surface area contributed by atoms with Gasteiger partial charge < -0.3 is 9.72 Å². The van der Waals surface area contributed by atoms with Crippen LogP contribution < -0.4 is 4.74 Å². The van der Waals surface area contributed by atoms with Crippen molar-refractivity contribution in [2.45, 2.75) is 13.8 Å². The normalized spacial score (nSPS) is 11.0. The second kappa shape index (κ2) is 5.66. The number of rotatable bonds is 3. The van der Waals surface area contributed by atoms with Crippen LogP contribution >= 0.6 is 28.1 Å². The van der Waals surface area contributed by atoms with Crippen LogP contribution in [0.5, 0.6) is 5.75 Å². The Hall–Kier alpha value is -1.59. The van der Waals surface area contributed by atoms with E-state index in [9.17, 15) is 0 Å². The van der Waals surface area contributed by atoms with Crippen LogP contribution in [0.3, 0.4) is 0 Å². The quantitative estimate of drug-likeness (QED) is 0.652. The molecule has 1 aromatic heterocycles. The molecule has 0 spiro atoms. The van der Waals surface area contributed by atoms with Crippen molar-refractivity contribution in [1.29, 1.82) is 0 Å². The molecule has 1 N–H and O–H groups in total. The molecule has 0 radical (unpaired) electrons. The highest BCUT2D eigenvalue weighted by Crippen LogP contribution is 2.29. The SMILES string of the molecule is CCOc1cccc2c1[nH]c(=S)n2-c1cc(Br)ccc1C. The largest absolute Gasteiger partial charge is 0.492 e. The minimum absolute atomic E-state index is 0.626. The number of aryl methyl sites for hydroxylation is 1. The summed E-state index contributed by atoms with van der Waals surface area (Å²) in [6.45, 7) is 4.68. The number of aromatic nitrogens is 2. The molecule has 0 unspecified atom stereocenters. The van der Waals surface area contributed by atoms with Gasteiger partial charge in [-0.25, -0.2) is 0 Å². The highest BCUT2D eigenvalue weighted by Gasteiger charge is 2.12. The minimum Gasteiger partial charge on any atom is -0.492 e. The molecule has 0 amide bonds. The third-order valence-electron chi connectivity index (χ3n) is 3.39. The summed E-state index contributed by atoms with van der Waals surface area (Å²) in [5.41, 5.74) is 4.18. The van der Waals surface area contributed by atoms with E-state index in [1.165, 1.54) is 0 Å². The number of H-pyrrole nitrogens is 1. The van der Waals surface area contributed by atoms with E-state index in [1.54, 1.807) is 0 Å². The summed E-state index contributed by atoms with van der Waals surface area (Å²) in [6.07, 6.45) is 0. The van der Waals surface area contributed by atoms with E-state index in [1.807, 2.05) is 35.8 Å². The van der Waals surface area contributed by atoms with Crippen molar-refractivity contribution in [3.8, 4) is 11.4 Å². The van der Waals surface area contributed by atoms with Crippen molar-refractivity contribution in [1.82, 2.24) is 9.55 Å². The van der Waals surface area contributed by atoms with Gasteiger partial charge in [-0.2, -0.15) is 0 Å². The molecule has 0 aliphatic heterocycles. The van der Waals surface area contributed by atoms with Crippen molar-refractivity contribution in [2.75, 3.05) is 6.61 Å². The Morgan fingerprint density at radius 1 is 1.29 bits per heavy atom. The van der Waals surface area contributed by atoms with Crippen LogP contribution in [0.25, 0.3) is 16.7 Å². The average molecular weight is 363 g/mol. The van der Waals surface area contributed by atoms with Gasteiger partial charge in [0.15, 0.2) is 4.77 Å². The van der Waals surface area contributed by atoms with E-state index < -0.39 is 0 Å². The Kier molecular flexibility index (Phi) is 3.87. The number of imidazole rings is 1. The standard InChI is InChI=1S/C16H15BrN2OS/c1-3-20-14-6-4-5-12-15(14)18-16(21)19(12)13-9-11(17)8-7-10(13)2/h4-9H,3H2,1-2H3,(H,18,21). The van der Waals surface area contributed by atoms with E-state index in [0.717, 1.165) is 32.5 Å². The van der Waals surface area contributed by atoms with Crippen LogP contribution in [0.1, 0.15) is 12.5 Å². The number of ether oxygens (including phenoxy) is 1. The maximum Gasteiger partial charge on any atom is 0.182 e. The summed E-state index contributed by atoms with van der Waals surface area (Å²) in [5.74, 6) is 0.826. The lowest BCUT2D eigenvalue weighted by Crippen LogP contribution is -1.97. The predicted octanol–water partition coefficient (Wildman–Crippen LogP) is 5.16. The lowest BCUT2D eigenvalue weighted by Gasteiger charge is -2.10. The fraction of sp³-hybridized carbons (Fsp3) is 0.188. The summed E-state index contributed by atoms with van der Waals surface area (Å²) < 4.78 is 9.42. The maximum absolute atomic E-state index is 5.68. The van der Waals surface area contributed by atoms with Gasteiger partial charge in [0.05, 0.1) is 17.8 Å². The number of hydrogen-bond acceptors (Lipinski definition) is 2. The number of nitrogens with zero attached hydrogens (tertiary/aromatic N) is 1. The van der Waals surface area contributed by atoms with Gasteiger partial charge in [0.25, 0.3) is 0 Å². The fourth-order valence-corrected chi connectivity index (χ4v) is 3.09. The molecule has 0 atom stereocenters. The first-order valence-electron chi connectivity index (χ1n) is 6.75. The molecule has 2 aromatic carbocycles. The topological polar surface area (TPSA) is 29.9 Å². The second-order valence-corrected chi connectivity index (χ2v) is 6.08. The van der Waals surface area contributed by atoms with E-state index in [2.05, 4.69) is 40.0 Å². The first kappa shape index (κ1) is 14.4. The molecule has 0 saturated carbocycles. The third kappa shape index (κ3) is 2.51. The van der Waals surface area contributed by atoms with Gasteiger partial charge in [0.1, 0.15) is 11.3 Å². The summed E-state index contributed by atoms with van der Waals surface area (Å²) in [7, 11) is 0. The first-order chi connectivity index (χ1) is 10.1. The zero-order valence-corrected chi connectivity index (χ0v) is 14.2. The molecular formula is C16H15BrN2OS. The molecule has 5 heteroatoms. The Morgan fingerprint density at radius 2 is 2.10 bits per heavy atom. The molecule has 0 saturated heterocycles. The minimum atomic E-state index is 0.626. The lowest BCUT2D eigenvalue weighted by molar-refractivity contribution is 0.343. The summed E-state index contributed by atoms with van der Waals surface area (Å²) in [5, 5.41) is 0. The number of nitrogens with one attached hydrogen (secondary N) is 1. The van der Waals surface area contributed by atoms with Gasteiger partial charge >= 0.3 is 0 Å². The smallest absolute Gasteiger partial charge is 0.182 e. The van der Waals surface area contributed by atoms with Crippen molar-refractivity contribution in [3.05, 3.63) is 51.2 Å². The van der Waals surface area contributed by atoms with Crippen molar-refractivity contribution >= 4 is 39.2 Å². The highest BCUT2D eigenvalue weighted by atomic mass is 79.9. The monoisotopic (exact) mass is 362 g/mol. The second-order valence-electron chi connectivity index (χ2n) is 4.78. The van der Waals surface area contributed by atoms with Crippen molar-refractivity contribution < 1.29 is 4.74 Å². The highest BCUT2D eigenvalue weighted by molar-refractivity contribution is 9.10. The van der Waals surface area contributed by atoms with Crippen LogP contribution in [0, 0.1) is 11.7 Å². The van der Waals surface area contributed by atoms with Crippen LogP contribution in [0.15, 0.2) is 40.9 Å². The van der Waals surface area contributed by atoms with Crippen molar-refractivity contribution in [2.24, 2.45) is 0 Å². The third-order valence-corrected chi connectivity index (χ3v) is 4.17. The van der Waals surface area contributed by atoms with E-state index in [-0.39, 0.29) is 0 Å². The van der Waals surface area contributed by atoms with E-state index in [4.69, 9.17) is 17.0 Å². The van der Waals surface area contributed by atoms with E-state index in [0.29, 0.717) is 11.4 Å². The van der Waals surface area contributed by atoms with Crippen LogP contribution in [-0.2, 0) is 0 Å². The van der Waals surface area contributed by atoms with Gasteiger partial charge in [-0.3, -0.25) is 4.57 Å². The molecule has 3 aromatic rings. The van der Waals surface area contributed by atoms with Gasteiger partial charge in [-0.15, -0.1) is 0 Å². The molecule has 0 aliphatic rings. The van der Waals surface area contributed by atoms with Gasteiger partial charge in [0.2, 0.25) is 0 Å². The number of para-hydroxylation sites is 1. The number of aromatic amines is 1. The average Bonchev–Trinajstić information content (AvgIpc) is 2.79. The van der Waals surface area contributed by atoms with Crippen LogP contribution in [0.2, 0.25) is 0 Å². The summed E-state index contributed by atoms with van der Waals surface area (Å²) in [4.78, 5) is 3.26. The zero-order chi connectivity index (χ0) is 15.0. The molecule has 0 bridgehead atoms. The first-order valence-corrected chi connectivity index (χ1v) is 7.95. The van der Waals surface area contributed by atoms with Crippen LogP contribution in [0.4, 0.5) is 0 Å². The van der Waals surface area contributed by atoms with Crippen molar-refractivity contribution in [3.63, 3.8) is 0 Å². The number of benzene rings is 2. The number of halogens is 1. The molecule has 21 heavy (non-hydrogen) atoms. The Bertz CT molecular complexity index is 866. The predicted molar refractivity (Wildman–Crippen MR) is 92.1 cm³/mol. The van der Waals surface area contributed by atoms with Crippen LogP contribution in [-0.4, -0.2) is 16.2 Å². The molecule has 0 aliphatic carbocycles.